The third-order valence-electron chi connectivity index (χ3n) is 4.98. The maximum absolute atomic E-state index is 13.4. The first-order chi connectivity index (χ1) is 15.2. The first-order valence-corrected chi connectivity index (χ1v) is 10.4. The van der Waals surface area contributed by atoms with Gasteiger partial charge in [-0.3, -0.25) is 5.32 Å². The summed E-state index contributed by atoms with van der Waals surface area (Å²) in [5.74, 6) is -0.991. The number of ether oxygens (including phenoxy) is 1. The molecule has 13 heteroatoms. The number of amides is 2. The maximum atomic E-state index is 13.4. The third kappa shape index (κ3) is 4.72. The van der Waals surface area contributed by atoms with E-state index in [0.717, 1.165) is 12.1 Å². The van der Waals surface area contributed by atoms with Crippen LogP contribution in [0.2, 0.25) is 0 Å². The molecule has 0 spiro atoms. The van der Waals surface area contributed by atoms with E-state index in [0.29, 0.717) is 46.4 Å². The topological polar surface area (TPSA) is 92.3 Å². The lowest BCUT2D eigenvalue weighted by atomic mass is 10.1. The molecule has 1 aliphatic rings. The molecule has 1 atom stereocenters. The highest BCUT2D eigenvalue weighted by molar-refractivity contribution is 7.22. The molecule has 0 aliphatic carbocycles. The van der Waals surface area contributed by atoms with Gasteiger partial charge < -0.3 is 15.0 Å². The molecule has 3 heterocycles. The minimum atomic E-state index is -4.75. The third-order valence-corrected chi connectivity index (χ3v) is 5.85. The molecule has 32 heavy (non-hydrogen) atoms. The number of likely N-dealkylation sites (tertiary alicyclic amines) is 1. The zero-order chi connectivity index (χ0) is 22.9. The predicted molar refractivity (Wildman–Crippen MR) is 109 cm³/mol. The fourth-order valence-electron chi connectivity index (χ4n) is 3.38. The van der Waals surface area contributed by atoms with Crippen LogP contribution in [0.1, 0.15) is 17.5 Å². The van der Waals surface area contributed by atoms with Crippen LogP contribution in [-0.4, -0.2) is 52.1 Å². The van der Waals surface area contributed by atoms with Crippen molar-refractivity contribution in [1.82, 2.24) is 25.2 Å². The molecule has 0 unspecified atom stereocenters. The molecule has 4 rings (SSSR count). The molecule has 2 amide bonds. The number of methoxy groups -OCH3 is 1. The molecule has 170 valence electrons. The number of rotatable bonds is 5. The summed E-state index contributed by atoms with van der Waals surface area (Å²) in [6, 6.07) is 2.46. The largest absolute Gasteiger partial charge is 0.479 e. The van der Waals surface area contributed by atoms with E-state index in [4.69, 9.17) is 4.74 Å². The standard InChI is InChI=1S/C19H18F4N6O2S/c1-31-15-14-16(26-9-25-15)32-17(27-14)28-18(30)29-5-4-11(8-29)24-7-10-2-3-13(20)12(6-10)19(21,22)23/h2-3,6,9,11,24H,4-5,7-8H2,1H3,(H,27,28,30)/t11-/m0/s1. The summed E-state index contributed by atoms with van der Waals surface area (Å²) in [6.07, 6.45) is -2.78. The van der Waals surface area contributed by atoms with E-state index in [9.17, 15) is 22.4 Å². The van der Waals surface area contributed by atoms with Crippen LogP contribution >= 0.6 is 11.3 Å². The molecule has 8 nitrogen and oxygen atoms in total. The number of carbonyl (C=O) groups is 1. The van der Waals surface area contributed by atoms with Crippen molar-refractivity contribution in [3.63, 3.8) is 0 Å². The number of urea groups is 1. The quantitative estimate of drug-likeness (QED) is 0.553. The van der Waals surface area contributed by atoms with Crippen molar-refractivity contribution in [3.8, 4) is 5.88 Å². The summed E-state index contributed by atoms with van der Waals surface area (Å²) in [6.45, 7) is 0.960. The summed E-state index contributed by atoms with van der Waals surface area (Å²) >= 11 is 1.19. The Morgan fingerprint density at radius 3 is 2.91 bits per heavy atom. The minimum absolute atomic E-state index is 0.110. The molecule has 1 aromatic carbocycles. The van der Waals surface area contributed by atoms with Crippen molar-refractivity contribution in [3.05, 3.63) is 41.5 Å². The number of hydrogen-bond acceptors (Lipinski definition) is 7. The molecule has 3 aromatic rings. The fourth-order valence-corrected chi connectivity index (χ4v) is 4.17. The zero-order valence-electron chi connectivity index (χ0n) is 16.7. The summed E-state index contributed by atoms with van der Waals surface area (Å²) in [5.41, 5.74) is -0.527. The molecule has 1 aliphatic heterocycles. The Labute approximate surface area is 183 Å². The van der Waals surface area contributed by atoms with E-state index in [1.54, 1.807) is 4.90 Å². The average Bonchev–Trinajstić information content (AvgIpc) is 3.38. The SMILES string of the molecule is COc1ncnc2sc(NC(=O)N3CC[C@H](NCc4ccc(F)c(C(F)(F)F)c4)C3)nc12. The summed E-state index contributed by atoms with van der Waals surface area (Å²) in [5, 5.41) is 6.20. The van der Waals surface area contributed by atoms with Gasteiger partial charge in [0, 0.05) is 25.7 Å². The highest BCUT2D eigenvalue weighted by Gasteiger charge is 2.34. The van der Waals surface area contributed by atoms with Gasteiger partial charge in [-0.2, -0.15) is 18.2 Å². The normalized spacial score (nSPS) is 16.5. The Bertz CT molecular complexity index is 1140. The Balaban J connectivity index is 1.33. The van der Waals surface area contributed by atoms with Crippen molar-refractivity contribution in [2.24, 2.45) is 0 Å². The van der Waals surface area contributed by atoms with Crippen molar-refractivity contribution in [2.45, 2.75) is 25.2 Å². The lowest BCUT2D eigenvalue weighted by Crippen LogP contribution is -2.37. The molecule has 1 fully saturated rings. The molecular formula is C19H18F4N6O2S. The fraction of sp³-hybridized carbons (Fsp3) is 0.368. The maximum Gasteiger partial charge on any atom is 0.419 e. The minimum Gasteiger partial charge on any atom is -0.479 e. The second kappa shape index (κ2) is 8.82. The first-order valence-electron chi connectivity index (χ1n) is 9.55. The van der Waals surface area contributed by atoms with E-state index in [1.807, 2.05) is 0 Å². The zero-order valence-corrected chi connectivity index (χ0v) is 17.6. The molecule has 2 aromatic heterocycles. The van der Waals surface area contributed by atoms with Crippen LogP contribution in [0.4, 0.5) is 27.5 Å². The predicted octanol–water partition coefficient (Wildman–Crippen LogP) is 3.65. The van der Waals surface area contributed by atoms with Gasteiger partial charge in [-0.15, -0.1) is 0 Å². The van der Waals surface area contributed by atoms with Gasteiger partial charge in [0.05, 0.1) is 12.7 Å². The average molecular weight is 470 g/mol. The Kier molecular flexibility index (Phi) is 6.11. The Morgan fingerprint density at radius 2 is 2.16 bits per heavy atom. The van der Waals surface area contributed by atoms with Crippen molar-refractivity contribution >= 4 is 32.8 Å². The van der Waals surface area contributed by atoms with Crippen LogP contribution in [0.3, 0.4) is 0 Å². The lowest BCUT2D eigenvalue weighted by Gasteiger charge is -2.17. The van der Waals surface area contributed by atoms with Gasteiger partial charge in [0.15, 0.2) is 15.5 Å². The molecule has 0 saturated carbocycles. The molecule has 2 N–H and O–H groups in total. The highest BCUT2D eigenvalue weighted by Crippen LogP contribution is 2.32. The first kappa shape index (κ1) is 22.1. The number of thiazole rings is 1. The molecule has 0 bridgehead atoms. The monoisotopic (exact) mass is 470 g/mol. The number of nitrogens with zero attached hydrogens (tertiary/aromatic N) is 4. The molecular weight excluding hydrogens is 452 g/mol. The second-order valence-corrected chi connectivity index (χ2v) is 8.09. The number of halogens is 4. The Hall–Kier alpha value is -3.06. The van der Waals surface area contributed by atoms with E-state index in [1.165, 1.54) is 30.8 Å². The number of fused-ring (bicyclic) bond motifs is 1. The molecule has 0 radical (unpaired) electrons. The van der Waals surface area contributed by atoms with Gasteiger partial charge in [-0.05, 0) is 24.1 Å². The van der Waals surface area contributed by atoms with E-state index >= 15 is 0 Å². The van der Waals surface area contributed by atoms with E-state index < -0.39 is 17.6 Å². The number of carbonyl (C=O) groups excluding carboxylic acids is 1. The van der Waals surface area contributed by atoms with Crippen LogP contribution in [0, 0.1) is 5.82 Å². The lowest BCUT2D eigenvalue weighted by molar-refractivity contribution is -0.140. The number of anilines is 1. The number of benzene rings is 1. The van der Waals surface area contributed by atoms with Crippen LogP contribution in [0.25, 0.3) is 10.3 Å². The Morgan fingerprint density at radius 1 is 1.34 bits per heavy atom. The van der Waals surface area contributed by atoms with Crippen LogP contribution in [-0.2, 0) is 12.7 Å². The van der Waals surface area contributed by atoms with Crippen molar-refractivity contribution < 1.29 is 27.1 Å². The van der Waals surface area contributed by atoms with Crippen LogP contribution in [0.15, 0.2) is 24.5 Å². The van der Waals surface area contributed by atoms with Gasteiger partial charge in [0.1, 0.15) is 12.1 Å². The van der Waals surface area contributed by atoms with Crippen LogP contribution in [0.5, 0.6) is 5.88 Å². The van der Waals surface area contributed by atoms with Gasteiger partial charge in [0.2, 0.25) is 5.88 Å². The smallest absolute Gasteiger partial charge is 0.419 e. The summed E-state index contributed by atoms with van der Waals surface area (Å²) in [7, 11) is 1.46. The van der Waals surface area contributed by atoms with Gasteiger partial charge >= 0.3 is 12.2 Å². The van der Waals surface area contributed by atoms with Gasteiger partial charge in [-0.1, -0.05) is 17.4 Å². The van der Waals surface area contributed by atoms with E-state index in [-0.39, 0.29) is 18.6 Å². The highest BCUT2D eigenvalue weighted by atomic mass is 32.1. The summed E-state index contributed by atoms with van der Waals surface area (Å²) < 4.78 is 57.2. The van der Waals surface area contributed by atoms with Crippen molar-refractivity contribution in [2.75, 3.05) is 25.5 Å². The van der Waals surface area contributed by atoms with E-state index in [2.05, 4.69) is 25.6 Å². The second-order valence-electron chi connectivity index (χ2n) is 7.11. The molecule has 1 saturated heterocycles. The van der Waals surface area contributed by atoms with Gasteiger partial charge in [0.25, 0.3) is 0 Å². The number of hydrogen-bond donors (Lipinski definition) is 2. The number of nitrogens with one attached hydrogen (secondary N) is 2. The summed E-state index contributed by atoms with van der Waals surface area (Å²) in [4.78, 5) is 27.1. The number of alkyl halides is 3. The number of aromatic nitrogens is 3. The van der Waals surface area contributed by atoms with Crippen molar-refractivity contribution in [1.29, 1.82) is 0 Å². The van der Waals surface area contributed by atoms with Gasteiger partial charge in [-0.25, -0.2) is 19.2 Å². The van der Waals surface area contributed by atoms with Crippen LogP contribution < -0.4 is 15.4 Å².